The average molecular weight is 483 g/mol. The summed E-state index contributed by atoms with van der Waals surface area (Å²) in [6.45, 7) is 0.575. The van der Waals surface area contributed by atoms with E-state index in [-0.39, 0.29) is 12.7 Å². The Hall–Kier alpha value is -3.52. The summed E-state index contributed by atoms with van der Waals surface area (Å²) in [4.78, 5) is 12.3. The lowest BCUT2D eigenvalue weighted by Gasteiger charge is -2.11. The Labute approximate surface area is 187 Å². The largest absolute Gasteiger partial charge is 0.493 e. The molecule has 4 rings (SSSR count). The van der Waals surface area contributed by atoms with E-state index in [0.29, 0.717) is 35.2 Å². The molecule has 3 aromatic carbocycles. The van der Waals surface area contributed by atoms with E-state index in [0.717, 1.165) is 15.6 Å². The van der Waals surface area contributed by atoms with Crippen molar-refractivity contribution < 1.29 is 23.7 Å². The molecule has 0 bridgehead atoms. The molecule has 0 aromatic heterocycles. The first-order chi connectivity index (χ1) is 15.1. The third kappa shape index (κ3) is 5.16. The quantitative estimate of drug-likeness (QED) is 0.395. The van der Waals surface area contributed by atoms with E-state index in [9.17, 15) is 4.79 Å². The highest BCUT2D eigenvalue weighted by atomic mass is 79.9. The second-order valence-corrected chi connectivity index (χ2v) is 7.51. The summed E-state index contributed by atoms with van der Waals surface area (Å²) >= 11 is 3.42. The van der Waals surface area contributed by atoms with Crippen molar-refractivity contribution >= 4 is 28.1 Å². The Bertz CT molecular complexity index is 1120. The molecule has 31 heavy (non-hydrogen) atoms. The van der Waals surface area contributed by atoms with Crippen LogP contribution in [0.25, 0.3) is 0 Å². The number of hydrazone groups is 1. The molecular weight excluding hydrogens is 464 g/mol. The number of ether oxygens (including phenoxy) is 4. The first kappa shape index (κ1) is 20.7. The monoisotopic (exact) mass is 482 g/mol. The number of benzene rings is 3. The first-order valence-corrected chi connectivity index (χ1v) is 10.2. The van der Waals surface area contributed by atoms with Crippen molar-refractivity contribution in [2.75, 3.05) is 13.9 Å². The predicted molar refractivity (Wildman–Crippen MR) is 119 cm³/mol. The van der Waals surface area contributed by atoms with Crippen LogP contribution in [-0.4, -0.2) is 26.0 Å². The van der Waals surface area contributed by atoms with Crippen molar-refractivity contribution in [3.8, 4) is 23.0 Å². The van der Waals surface area contributed by atoms with Gasteiger partial charge in [0.25, 0.3) is 5.91 Å². The molecule has 0 unspecified atom stereocenters. The van der Waals surface area contributed by atoms with Gasteiger partial charge in [0.05, 0.1) is 13.3 Å². The van der Waals surface area contributed by atoms with Crippen LogP contribution < -0.4 is 24.4 Å². The van der Waals surface area contributed by atoms with Crippen molar-refractivity contribution in [1.82, 2.24) is 5.43 Å². The van der Waals surface area contributed by atoms with Crippen LogP contribution in [0, 0.1) is 0 Å². The van der Waals surface area contributed by atoms with Crippen LogP contribution in [0.2, 0.25) is 0 Å². The molecule has 0 radical (unpaired) electrons. The number of methoxy groups -OCH3 is 1. The van der Waals surface area contributed by atoms with Crippen molar-refractivity contribution in [2.24, 2.45) is 5.10 Å². The first-order valence-electron chi connectivity index (χ1n) is 9.41. The van der Waals surface area contributed by atoms with Gasteiger partial charge < -0.3 is 18.9 Å². The van der Waals surface area contributed by atoms with Gasteiger partial charge in [-0.15, -0.1) is 0 Å². The van der Waals surface area contributed by atoms with Gasteiger partial charge in [0.2, 0.25) is 6.79 Å². The molecule has 1 aliphatic rings. The van der Waals surface area contributed by atoms with Gasteiger partial charge >= 0.3 is 0 Å². The average Bonchev–Trinajstić information content (AvgIpc) is 3.27. The summed E-state index contributed by atoms with van der Waals surface area (Å²) in [7, 11) is 1.57. The van der Waals surface area contributed by atoms with Crippen molar-refractivity contribution in [3.05, 3.63) is 81.8 Å². The summed E-state index contributed by atoms with van der Waals surface area (Å²) in [6, 6.07) is 18.3. The summed E-state index contributed by atoms with van der Waals surface area (Å²) in [6.07, 6.45) is 1.53. The number of rotatable bonds is 7. The summed E-state index contributed by atoms with van der Waals surface area (Å²) < 4.78 is 22.8. The van der Waals surface area contributed by atoms with Crippen LogP contribution in [0.4, 0.5) is 0 Å². The van der Waals surface area contributed by atoms with Gasteiger partial charge in [0, 0.05) is 10.0 Å². The summed E-state index contributed by atoms with van der Waals surface area (Å²) in [5, 5.41) is 4.02. The molecule has 0 atom stereocenters. The number of amides is 1. The minimum atomic E-state index is -0.351. The number of nitrogens with zero attached hydrogens (tertiary/aromatic N) is 1. The van der Waals surface area contributed by atoms with Gasteiger partial charge in [0.1, 0.15) is 6.61 Å². The van der Waals surface area contributed by atoms with Gasteiger partial charge in [0.15, 0.2) is 23.0 Å². The van der Waals surface area contributed by atoms with E-state index in [1.807, 2.05) is 30.3 Å². The predicted octanol–water partition coefficient (Wildman–Crippen LogP) is 4.53. The Morgan fingerprint density at radius 1 is 1.06 bits per heavy atom. The summed E-state index contributed by atoms with van der Waals surface area (Å²) in [5.41, 5.74) is 4.72. The van der Waals surface area contributed by atoms with Gasteiger partial charge in [-0.05, 0) is 59.7 Å². The molecular formula is C23H19BrN2O5. The minimum absolute atomic E-state index is 0.156. The fourth-order valence-corrected chi connectivity index (χ4v) is 3.16. The van der Waals surface area contributed by atoms with Crippen LogP contribution in [0.3, 0.4) is 0 Å². The molecule has 1 amide bonds. The van der Waals surface area contributed by atoms with Crippen LogP contribution in [0.1, 0.15) is 21.5 Å². The maximum Gasteiger partial charge on any atom is 0.271 e. The molecule has 0 aliphatic carbocycles. The maximum atomic E-state index is 12.3. The van der Waals surface area contributed by atoms with Crippen molar-refractivity contribution in [2.45, 2.75) is 6.61 Å². The lowest BCUT2D eigenvalue weighted by atomic mass is 10.2. The van der Waals surface area contributed by atoms with E-state index in [2.05, 4.69) is 26.5 Å². The molecule has 0 saturated heterocycles. The molecule has 3 aromatic rings. The molecule has 0 saturated carbocycles. The Morgan fingerprint density at radius 3 is 2.68 bits per heavy atom. The topological polar surface area (TPSA) is 78.4 Å². The van der Waals surface area contributed by atoms with Crippen LogP contribution in [0.15, 0.2) is 70.2 Å². The van der Waals surface area contributed by atoms with Gasteiger partial charge in [-0.2, -0.15) is 5.10 Å². The highest BCUT2D eigenvalue weighted by Gasteiger charge is 2.15. The van der Waals surface area contributed by atoms with Gasteiger partial charge in [-0.3, -0.25) is 4.79 Å². The lowest BCUT2D eigenvalue weighted by Crippen LogP contribution is -2.17. The molecule has 1 heterocycles. The van der Waals surface area contributed by atoms with Gasteiger partial charge in [-0.1, -0.05) is 28.1 Å². The van der Waals surface area contributed by atoms with Crippen LogP contribution in [0.5, 0.6) is 23.0 Å². The summed E-state index contributed by atoms with van der Waals surface area (Å²) in [5.74, 6) is 2.00. The standard InChI is InChI=1S/C23H19BrN2O5/c1-28-21-10-16(4-8-19(21)29-13-15-2-6-18(24)7-3-15)12-25-26-23(27)17-5-9-20-22(11-17)31-14-30-20/h2-12H,13-14H2,1H3,(H,26,27)/b25-12-. The number of carbonyl (C=O) groups excluding carboxylic acids is 1. The smallest absolute Gasteiger partial charge is 0.271 e. The SMILES string of the molecule is COc1cc(/C=N\NC(=O)c2ccc3c(c2)OCO3)ccc1OCc1ccc(Br)cc1. The van der Waals surface area contributed by atoms with Gasteiger partial charge in [-0.25, -0.2) is 5.43 Å². The zero-order valence-corrected chi connectivity index (χ0v) is 18.2. The molecule has 1 aliphatic heterocycles. The van der Waals surface area contributed by atoms with E-state index in [4.69, 9.17) is 18.9 Å². The van der Waals surface area contributed by atoms with Crippen LogP contribution in [-0.2, 0) is 6.61 Å². The van der Waals surface area contributed by atoms with E-state index in [1.54, 1.807) is 37.4 Å². The number of carbonyl (C=O) groups is 1. The molecule has 0 spiro atoms. The zero-order chi connectivity index (χ0) is 21.6. The number of nitrogens with one attached hydrogen (secondary N) is 1. The van der Waals surface area contributed by atoms with E-state index < -0.39 is 0 Å². The third-order valence-electron chi connectivity index (χ3n) is 4.51. The van der Waals surface area contributed by atoms with E-state index >= 15 is 0 Å². The minimum Gasteiger partial charge on any atom is -0.493 e. The second-order valence-electron chi connectivity index (χ2n) is 6.59. The second kappa shape index (κ2) is 9.53. The van der Waals surface area contributed by atoms with Crippen LogP contribution >= 0.6 is 15.9 Å². The Morgan fingerprint density at radius 2 is 1.87 bits per heavy atom. The van der Waals surface area contributed by atoms with Crippen molar-refractivity contribution in [1.29, 1.82) is 0 Å². The highest BCUT2D eigenvalue weighted by molar-refractivity contribution is 9.10. The number of hydrogen-bond acceptors (Lipinski definition) is 6. The molecule has 1 N–H and O–H groups in total. The fraction of sp³-hybridized carbons (Fsp3) is 0.130. The van der Waals surface area contributed by atoms with E-state index in [1.165, 1.54) is 6.21 Å². The number of halogens is 1. The normalized spacial score (nSPS) is 12.1. The maximum absolute atomic E-state index is 12.3. The molecule has 158 valence electrons. The fourth-order valence-electron chi connectivity index (χ4n) is 2.89. The molecule has 8 heteroatoms. The highest BCUT2D eigenvalue weighted by Crippen LogP contribution is 2.32. The molecule has 7 nitrogen and oxygen atoms in total. The zero-order valence-electron chi connectivity index (χ0n) is 16.6. The van der Waals surface area contributed by atoms with Crippen molar-refractivity contribution in [3.63, 3.8) is 0 Å². The Kier molecular flexibility index (Phi) is 6.37. The Balaban J connectivity index is 1.37. The number of hydrogen-bond donors (Lipinski definition) is 1. The third-order valence-corrected chi connectivity index (χ3v) is 5.04. The number of fused-ring (bicyclic) bond motifs is 1. The lowest BCUT2D eigenvalue weighted by molar-refractivity contribution is 0.0954. The molecule has 0 fully saturated rings.